The van der Waals surface area contributed by atoms with Gasteiger partial charge in [-0.2, -0.15) is 0 Å². The number of nitrogens with one attached hydrogen (secondary N) is 2. The Morgan fingerprint density at radius 3 is 2.04 bits per heavy atom. The summed E-state index contributed by atoms with van der Waals surface area (Å²) in [7, 11) is 1.33. The summed E-state index contributed by atoms with van der Waals surface area (Å²) in [5.74, 6) is -1.90. The molecule has 1 saturated heterocycles. The molecule has 2 N–H and O–H groups in total. The minimum Gasteiger partial charge on any atom is -0.463 e. The maximum atomic E-state index is 12.0. The largest absolute Gasteiger partial charge is 0.463 e. The molecule has 27 heavy (non-hydrogen) atoms. The highest BCUT2D eigenvalue weighted by atomic mass is 16.7. The van der Waals surface area contributed by atoms with Crippen molar-refractivity contribution in [2.24, 2.45) is 0 Å². The molecule has 0 aromatic heterocycles. The number of urea groups is 1. The third-order valence-corrected chi connectivity index (χ3v) is 3.57. The van der Waals surface area contributed by atoms with Gasteiger partial charge in [0.15, 0.2) is 18.5 Å². The van der Waals surface area contributed by atoms with Crippen LogP contribution in [0.3, 0.4) is 0 Å². The van der Waals surface area contributed by atoms with Crippen molar-refractivity contribution in [3.8, 4) is 0 Å². The van der Waals surface area contributed by atoms with Gasteiger partial charge in [-0.3, -0.25) is 14.4 Å². The minimum atomic E-state index is -1.14. The molecule has 0 aromatic carbocycles. The second-order valence-electron chi connectivity index (χ2n) is 5.76. The van der Waals surface area contributed by atoms with E-state index in [2.05, 4.69) is 10.6 Å². The van der Waals surface area contributed by atoms with E-state index in [9.17, 15) is 19.2 Å². The molecule has 1 fully saturated rings. The molecule has 5 atom stereocenters. The van der Waals surface area contributed by atoms with Crippen molar-refractivity contribution in [1.82, 2.24) is 10.6 Å². The van der Waals surface area contributed by atoms with Gasteiger partial charge in [0, 0.05) is 34.4 Å². The van der Waals surface area contributed by atoms with Crippen LogP contribution in [0.15, 0.2) is 0 Å². The van der Waals surface area contributed by atoms with Crippen molar-refractivity contribution in [1.29, 1.82) is 0 Å². The molecule has 154 valence electrons. The summed E-state index contributed by atoms with van der Waals surface area (Å²) in [5.41, 5.74) is 0. The third-order valence-electron chi connectivity index (χ3n) is 3.57. The number of ether oxygens (including phenoxy) is 5. The van der Waals surface area contributed by atoms with Crippen LogP contribution in [0.2, 0.25) is 0 Å². The summed E-state index contributed by atoms with van der Waals surface area (Å²) in [5, 5.41) is 5.13. The van der Waals surface area contributed by atoms with Crippen LogP contribution in [-0.4, -0.2) is 74.8 Å². The lowest BCUT2D eigenvalue weighted by molar-refractivity contribution is -0.270. The Morgan fingerprint density at radius 1 is 0.963 bits per heavy atom. The van der Waals surface area contributed by atoms with Gasteiger partial charge in [-0.25, -0.2) is 4.79 Å². The van der Waals surface area contributed by atoms with Gasteiger partial charge in [0.1, 0.15) is 18.8 Å². The van der Waals surface area contributed by atoms with E-state index in [1.165, 1.54) is 27.9 Å². The van der Waals surface area contributed by atoms with Gasteiger partial charge in [-0.1, -0.05) is 0 Å². The van der Waals surface area contributed by atoms with Crippen molar-refractivity contribution < 1.29 is 42.9 Å². The molecule has 0 saturated carbocycles. The van der Waals surface area contributed by atoms with Crippen LogP contribution in [0.4, 0.5) is 4.79 Å². The Kier molecular flexibility index (Phi) is 8.95. The SMILES string of the molecule is CCNC(=O)N[C@H]1[C@H](OC)O[C@H](COC(C)=O)[C@@H](OC(C)=O)[C@@H]1OC(C)=O. The number of amides is 2. The average Bonchev–Trinajstić information content (AvgIpc) is 2.56. The molecular formula is C16H26N2O9. The van der Waals surface area contributed by atoms with Crippen LogP contribution < -0.4 is 10.6 Å². The lowest BCUT2D eigenvalue weighted by Gasteiger charge is -2.44. The van der Waals surface area contributed by atoms with Gasteiger partial charge in [0.05, 0.1) is 0 Å². The molecule has 1 aliphatic rings. The quantitative estimate of drug-likeness (QED) is 0.434. The Morgan fingerprint density at radius 2 is 1.56 bits per heavy atom. The van der Waals surface area contributed by atoms with E-state index in [4.69, 9.17) is 23.7 Å². The highest BCUT2D eigenvalue weighted by Crippen LogP contribution is 2.27. The van der Waals surface area contributed by atoms with E-state index in [0.717, 1.165) is 0 Å². The van der Waals surface area contributed by atoms with Gasteiger partial charge in [-0.05, 0) is 6.92 Å². The first-order chi connectivity index (χ1) is 12.7. The first-order valence-electron chi connectivity index (χ1n) is 8.40. The van der Waals surface area contributed by atoms with Gasteiger partial charge in [0.2, 0.25) is 0 Å². The summed E-state index contributed by atoms with van der Waals surface area (Å²) in [4.78, 5) is 46.3. The zero-order valence-corrected chi connectivity index (χ0v) is 16.0. The van der Waals surface area contributed by atoms with E-state index in [-0.39, 0.29) is 6.61 Å². The second-order valence-corrected chi connectivity index (χ2v) is 5.76. The first-order valence-corrected chi connectivity index (χ1v) is 8.40. The van der Waals surface area contributed by atoms with Gasteiger partial charge in [0.25, 0.3) is 0 Å². The molecule has 11 nitrogen and oxygen atoms in total. The van der Waals surface area contributed by atoms with Crippen LogP contribution in [0.5, 0.6) is 0 Å². The molecule has 0 aliphatic carbocycles. The molecule has 11 heteroatoms. The smallest absolute Gasteiger partial charge is 0.315 e. The van der Waals surface area contributed by atoms with Gasteiger partial charge < -0.3 is 34.3 Å². The van der Waals surface area contributed by atoms with Gasteiger partial charge in [-0.15, -0.1) is 0 Å². The minimum absolute atomic E-state index is 0.265. The fourth-order valence-electron chi connectivity index (χ4n) is 2.62. The fraction of sp³-hybridized carbons (Fsp3) is 0.750. The van der Waals surface area contributed by atoms with E-state index >= 15 is 0 Å². The monoisotopic (exact) mass is 390 g/mol. The standard InChI is InChI=1S/C16H26N2O9/c1-6-17-16(22)18-12-14(26-10(4)21)13(25-9(3)20)11(7-24-8(2)19)27-15(12)23-5/h11-15H,6-7H2,1-5H3,(H2,17,18,22)/t11-,12-,13-,14-,15-/m1/s1. The van der Waals surface area contributed by atoms with Crippen molar-refractivity contribution in [3.63, 3.8) is 0 Å². The van der Waals surface area contributed by atoms with Crippen LogP contribution in [-0.2, 0) is 38.1 Å². The fourth-order valence-corrected chi connectivity index (χ4v) is 2.62. The van der Waals surface area contributed by atoms with Crippen molar-refractivity contribution >= 4 is 23.9 Å². The Labute approximate surface area is 157 Å². The van der Waals surface area contributed by atoms with Crippen LogP contribution in [0.25, 0.3) is 0 Å². The zero-order chi connectivity index (χ0) is 20.6. The summed E-state index contributed by atoms with van der Waals surface area (Å²) in [6.45, 7) is 5.37. The lowest BCUT2D eigenvalue weighted by Crippen LogP contribution is -2.67. The van der Waals surface area contributed by atoms with E-state index < -0.39 is 54.6 Å². The van der Waals surface area contributed by atoms with E-state index in [1.807, 2.05) is 0 Å². The van der Waals surface area contributed by atoms with Crippen molar-refractivity contribution in [2.75, 3.05) is 20.3 Å². The van der Waals surface area contributed by atoms with Crippen LogP contribution in [0, 0.1) is 0 Å². The van der Waals surface area contributed by atoms with Gasteiger partial charge >= 0.3 is 23.9 Å². The molecule has 1 rings (SSSR count). The lowest BCUT2D eigenvalue weighted by atomic mass is 9.96. The molecule has 0 unspecified atom stereocenters. The topological polar surface area (TPSA) is 138 Å². The normalized spacial score (nSPS) is 27.2. The highest BCUT2D eigenvalue weighted by molar-refractivity contribution is 5.74. The number of carbonyl (C=O) groups excluding carboxylic acids is 4. The van der Waals surface area contributed by atoms with Crippen molar-refractivity contribution in [2.45, 2.75) is 58.3 Å². The van der Waals surface area contributed by atoms with E-state index in [1.54, 1.807) is 6.92 Å². The second kappa shape index (κ2) is 10.7. The number of hydrogen-bond acceptors (Lipinski definition) is 9. The maximum absolute atomic E-state index is 12.0. The average molecular weight is 390 g/mol. The number of rotatable bonds is 7. The molecule has 0 spiro atoms. The zero-order valence-electron chi connectivity index (χ0n) is 16.0. The maximum Gasteiger partial charge on any atom is 0.315 e. The summed E-state index contributed by atoms with van der Waals surface area (Å²) < 4.78 is 26.4. The van der Waals surface area contributed by atoms with Crippen LogP contribution >= 0.6 is 0 Å². The number of methoxy groups -OCH3 is 1. The molecule has 1 aliphatic heterocycles. The molecule has 0 bridgehead atoms. The summed E-state index contributed by atoms with van der Waals surface area (Å²) in [6, 6.07) is -1.53. The number of carbonyl (C=O) groups is 4. The first kappa shape index (κ1) is 22.6. The Balaban J connectivity index is 3.18. The summed E-state index contributed by atoms with van der Waals surface area (Å²) in [6.07, 6.45) is -4.29. The predicted octanol–water partition coefficient (Wildman–Crippen LogP) is -0.528. The Hall–Kier alpha value is -2.40. The molecule has 2 amide bonds. The van der Waals surface area contributed by atoms with Crippen molar-refractivity contribution in [3.05, 3.63) is 0 Å². The predicted molar refractivity (Wildman–Crippen MR) is 89.4 cm³/mol. The number of esters is 3. The third kappa shape index (κ3) is 7.02. The summed E-state index contributed by atoms with van der Waals surface area (Å²) >= 11 is 0. The van der Waals surface area contributed by atoms with Crippen LogP contribution in [0.1, 0.15) is 27.7 Å². The molecule has 0 radical (unpaired) electrons. The molecular weight excluding hydrogens is 364 g/mol. The van der Waals surface area contributed by atoms with E-state index in [0.29, 0.717) is 6.54 Å². The highest BCUT2D eigenvalue weighted by Gasteiger charge is 2.51. The molecule has 0 aromatic rings. The number of hydrogen-bond donors (Lipinski definition) is 2. The molecule has 1 heterocycles. The Bertz CT molecular complexity index is 554.